The van der Waals surface area contributed by atoms with Crippen LogP contribution in [0.15, 0.2) is 54.6 Å². The summed E-state index contributed by atoms with van der Waals surface area (Å²) < 4.78 is 26.0. The number of aliphatic hydroxyl groups excluding tert-OH is 3. The van der Waals surface area contributed by atoms with Gasteiger partial charge in [-0.25, -0.2) is 4.79 Å². The molecule has 13 atom stereocenters. The summed E-state index contributed by atoms with van der Waals surface area (Å²) in [5.41, 5.74) is -6.38. The van der Waals surface area contributed by atoms with E-state index in [2.05, 4.69) is 13.5 Å². The van der Waals surface area contributed by atoms with Crippen LogP contribution in [0, 0.1) is 23.7 Å². The van der Waals surface area contributed by atoms with Gasteiger partial charge in [0.1, 0.15) is 30.0 Å². The van der Waals surface area contributed by atoms with E-state index in [1.165, 1.54) is 12.5 Å². The number of ether oxygens (including phenoxy) is 4. The number of rotatable bonds is 11. The Balaban J connectivity index is 1.40. The fourth-order valence-corrected chi connectivity index (χ4v) is 9.69. The molecule has 1 aromatic carbocycles. The third-order valence-corrected chi connectivity index (χ3v) is 12.1. The Morgan fingerprint density at radius 3 is 2.43 bits per heavy atom. The third-order valence-electron chi connectivity index (χ3n) is 12.1. The molecule has 2 saturated heterocycles. The van der Waals surface area contributed by atoms with Gasteiger partial charge >= 0.3 is 11.9 Å². The van der Waals surface area contributed by atoms with Gasteiger partial charge in [0.25, 0.3) is 0 Å². The van der Waals surface area contributed by atoms with Crippen LogP contribution in [-0.4, -0.2) is 84.9 Å². The van der Waals surface area contributed by atoms with Crippen molar-refractivity contribution in [3.05, 3.63) is 60.2 Å². The molecule has 0 amide bonds. The van der Waals surface area contributed by atoms with Crippen LogP contribution in [-0.2, 0) is 29.7 Å². The van der Waals surface area contributed by atoms with Gasteiger partial charge in [-0.15, -0.1) is 0 Å². The number of unbranched alkanes of at least 4 members (excludes halogenated alkanes) is 5. The second-order valence-corrected chi connectivity index (χ2v) is 15.0. The summed E-state index contributed by atoms with van der Waals surface area (Å²) in [6.07, 6.45) is 3.28. The van der Waals surface area contributed by atoms with Gasteiger partial charge in [0, 0.05) is 23.5 Å². The fourth-order valence-electron chi connectivity index (χ4n) is 9.69. The number of hydrogen-bond acceptors (Lipinski definition) is 10. The predicted molar refractivity (Wildman–Crippen MR) is 171 cm³/mol. The first-order valence-corrected chi connectivity index (χ1v) is 17.4. The van der Waals surface area contributed by atoms with Gasteiger partial charge in [-0.05, 0) is 50.0 Å². The van der Waals surface area contributed by atoms with E-state index in [4.69, 9.17) is 18.9 Å². The Morgan fingerprint density at radius 1 is 1.04 bits per heavy atom. The smallest absolute Gasteiger partial charge is 0.330 e. The lowest BCUT2D eigenvalue weighted by Crippen LogP contribution is -2.73. The van der Waals surface area contributed by atoms with Crippen molar-refractivity contribution in [1.82, 2.24) is 0 Å². The highest BCUT2D eigenvalue weighted by Gasteiger charge is 2.85. The van der Waals surface area contributed by atoms with Crippen LogP contribution in [0.4, 0.5) is 0 Å². The van der Waals surface area contributed by atoms with Gasteiger partial charge in [0.2, 0.25) is 0 Å². The largest absolute Gasteiger partial charge is 0.459 e. The monoisotopic (exact) mass is 656 g/mol. The van der Waals surface area contributed by atoms with Gasteiger partial charge in [-0.3, -0.25) is 0 Å². The molecule has 2 heterocycles. The number of fused-ring (bicyclic) bond motifs is 2. The molecule has 47 heavy (non-hydrogen) atoms. The first kappa shape index (κ1) is 34.7. The maximum Gasteiger partial charge on any atom is 0.330 e. The second kappa shape index (κ2) is 12.3. The standard InChI is InChI=1S/C37H52O10/c1-6-7-8-9-10-11-15-18-27(38)44-21-33(42)30(40)28-31-34(22(2)3)20-24(5)36(28,26-19-23(4)29(39)35(26,43)32(33)41)47-37(45-31,46-34)25-16-13-12-14-17-25/h12-18,23-24,26,28-32,39-43H,2,6-11,19-21H2,1,3-5H3/b18-15+/t23-,24+,26+,28-,29-,30-,31+,32+,33+,34+,35+,36-,37+/m0/s1. The van der Waals surface area contributed by atoms with E-state index in [9.17, 15) is 30.3 Å². The summed E-state index contributed by atoms with van der Waals surface area (Å²) in [6.45, 7) is 11.1. The minimum Gasteiger partial charge on any atom is -0.459 e. The van der Waals surface area contributed by atoms with Crippen molar-refractivity contribution in [2.75, 3.05) is 6.61 Å². The molecular formula is C37H52O10. The summed E-state index contributed by atoms with van der Waals surface area (Å²) >= 11 is 0. The minimum absolute atomic E-state index is 0.219. The number of esters is 1. The summed E-state index contributed by atoms with van der Waals surface area (Å²) in [6, 6.07) is 9.13. The summed E-state index contributed by atoms with van der Waals surface area (Å²) in [4.78, 5) is 12.8. The Labute approximate surface area is 277 Å². The molecule has 5 N–H and O–H groups in total. The van der Waals surface area contributed by atoms with E-state index >= 15 is 0 Å². The lowest BCUT2D eigenvalue weighted by molar-refractivity contribution is -0.446. The number of benzene rings is 1. The Morgan fingerprint density at radius 2 is 1.74 bits per heavy atom. The highest BCUT2D eigenvalue weighted by molar-refractivity contribution is 5.81. The quantitative estimate of drug-likeness (QED) is 0.103. The lowest BCUT2D eigenvalue weighted by atomic mass is 9.53. The molecule has 0 aromatic heterocycles. The van der Waals surface area contributed by atoms with E-state index in [-0.39, 0.29) is 6.42 Å². The summed E-state index contributed by atoms with van der Waals surface area (Å²) in [7, 11) is 0. The zero-order chi connectivity index (χ0) is 34.0. The number of hydrogen-bond donors (Lipinski definition) is 5. The minimum atomic E-state index is -2.62. The number of carbonyl (C=O) groups is 1. The van der Waals surface area contributed by atoms with Crippen LogP contribution in [0.2, 0.25) is 0 Å². The maximum atomic E-state index is 12.8. The van der Waals surface area contributed by atoms with E-state index in [1.807, 2.05) is 44.2 Å². The highest BCUT2D eigenvalue weighted by Crippen LogP contribution is 2.72. The van der Waals surface area contributed by atoms with Crippen molar-refractivity contribution in [3.63, 3.8) is 0 Å². The van der Waals surface area contributed by atoms with Crippen molar-refractivity contribution in [3.8, 4) is 0 Å². The van der Waals surface area contributed by atoms with Crippen LogP contribution in [0.25, 0.3) is 0 Å². The average molecular weight is 657 g/mol. The Bertz CT molecular complexity index is 1370. The lowest BCUT2D eigenvalue weighted by Gasteiger charge is -2.61. The fraction of sp³-hybridized carbons (Fsp3) is 0.703. The molecule has 10 heteroatoms. The molecule has 3 saturated carbocycles. The van der Waals surface area contributed by atoms with Gasteiger partial charge in [0.05, 0.1) is 17.8 Å². The van der Waals surface area contributed by atoms with Gasteiger partial charge in [-0.1, -0.05) is 89.4 Å². The molecule has 0 radical (unpaired) electrons. The van der Waals surface area contributed by atoms with Crippen molar-refractivity contribution in [2.45, 2.75) is 132 Å². The second-order valence-electron chi connectivity index (χ2n) is 15.0. The molecule has 0 unspecified atom stereocenters. The van der Waals surface area contributed by atoms with Crippen LogP contribution >= 0.6 is 0 Å². The van der Waals surface area contributed by atoms with Crippen LogP contribution in [0.5, 0.6) is 0 Å². The molecule has 1 aromatic rings. The Hall–Kier alpha value is -2.15. The van der Waals surface area contributed by atoms with Gasteiger partial charge in [-0.2, -0.15) is 0 Å². The zero-order valence-corrected chi connectivity index (χ0v) is 28.0. The molecule has 0 spiro atoms. The van der Waals surface area contributed by atoms with Crippen molar-refractivity contribution in [2.24, 2.45) is 23.7 Å². The first-order valence-electron chi connectivity index (χ1n) is 17.4. The molecule has 10 nitrogen and oxygen atoms in total. The van der Waals surface area contributed by atoms with Gasteiger partial charge < -0.3 is 44.5 Å². The van der Waals surface area contributed by atoms with Crippen LogP contribution < -0.4 is 0 Å². The summed E-state index contributed by atoms with van der Waals surface area (Å²) in [5.74, 6) is -5.50. The summed E-state index contributed by atoms with van der Waals surface area (Å²) in [5, 5.41) is 60.9. The molecule has 3 aliphatic carbocycles. The van der Waals surface area contributed by atoms with Crippen molar-refractivity contribution < 1.29 is 49.3 Å². The third kappa shape index (κ3) is 4.93. The van der Waals surface area contributed by atoms with Crippen molar-refractivity contribution in [1.29, 1.82) is 0 Å². The topological polar surface area (TPSA) is 155 Å². The normalized spacial score (nSPS) is 46.7. The molecule has 5 fully saturated rings. The first-order chi connectivity index (χ1) is 22.2. The van der Waals surface area contributed by atoms with E-state index in [1.54, 1.807) is 13.0 Å². The Kier molecular flexibility index (Phi) is 9.09. The average Bonchev–Trinajstić information content (AvgIpc) is 3.41. The number of carbonyl (C=O) groups excluding carboxylic acids is 1. The van der Waals surface area contributed by atoms with E-state index in [0.29, 0.717) is 24.0 Å². The number of aliphatic hydroxyl groups is 5. The van der Waals surface area contributed by atoms with E-state index < -0.39 is 89.0 Å². The predicted octanol–water partition coefficient (Wildman–Crippen LogP) is 3.63. The SMILES string of the molecule is C=C(C)[C@]12C[C@@H](C)[C@@]34O[C@](c5ccccc5)(O[C@@H]1[C@@H]3[C@H](O)[C@](O)(COC(=O)/C=C/CCCCCCC)[C@@H](O)[C@@]1(O)[C@H]4C[C@H](C)[C@@H]1O)O2. The molecule has 2 aliphatic heterocycles. The molecule has 260 valence electrons. The molecule has 5 aliphatic rings. The zero-order valence-electron chi connectivity index (χ0n) is 28.0. The number of allylic oxidation sites excluding steroid dienone is 1. The molecule has 6 rings (SSSR count). The van der Waals surface area contributed by atoms with E-state index in [0.717, 1.165) is 25.7 Å². The van der Waals surface area contributed by atoms with Crippen molar-refractivity contribution >= 4 is 5.97 Å². The maximum absolute atomic E-state index is 12.8. The van der Waals surface area contributed by atoms with Crippen LogP contribution in [0.1, 0.15) is 84.6 Å². The molecular weight excluding hydrogens is 604 g/mol. The highest BCUT2D eigenvalue weighted by atomic mass is 16.9. The van der Waals surface area contributed by atoms with Gasteiger partial charge in [0.15, 0.2) is 5.60 Å². The molecule has 3 bridgehead atoms. The van der Waals surface area contributed by atoms with Crippen LogP contribution in [0.3, 0.4) is 0 Å².